The highest BCUT2D eigenvalue weighted by Crippen LogP contribution is 2.22. The van der Waals surface area contributed by atoms with Crippen LogP contribution >= 0.6 is 12.2 Å². The molecule has 1 heterocycles. The topological polar surface area (TPSA) is 73.1 Å². The maximum absolute atomic E-state index is 11.0. The summed E-state index contributed by atoms with van der Waals surface area (Å²) in [5, 5.41) is 13.9. The van der Waals surface area contributed by atoms with E-state index in [9.17, 15) is 10.1 Å². The Morgan fingerprint density at radius 3 is 2.89 bits per heavy atom. The Balaban J connectivity index is 2.55. The lowest BCUT2D eigenvalue weighted by Crippen LogP contribution is -2.02. The molecule has 0 aliphatic carbocycles. The van der Waals surface area contributed by atoms with Gasteiger partial charge in [-0.15, -0.1) is 0 Å². The van der Waals surface area contributed by atoms with Crippen LogP contribution in [0.1, 0.15) is 5.69 Å². The summed E-state index contributed by atoms with van der Waals surface area (Å²) in [6.07, 6.45) is 0. The summed E-state index contributed by atoms with van der Waals surface area (Å²) in [7, 11) is 1.57. The van der Waals surface area contributed by atoms with Crippen molar-refractivity contribution in [2.24, 2.45) is 0 Å². The number of hydrogen-bond donors (Lipinski definition) is 1. The molecule has 0 radical (unpaired) electrons. The summed E-state index contributed by atoms with van der Waals surface area (Å²) in [4.78, 5) is 10.5. The predicted octanol–water partition coefficient (Wildman–Crippen LogP) is 2.59. The number of rotatable bonds is 4. The molecule has 1 N–H and O–H groups in total. The van der Waals surface area contributed by atoms with Gasteiger partial charge in [-0.1, -0.05) is 24.4 Å². The highest BCUT2D eigenvalue weighted by Gasteiger charge is 2.15. The molecular weight excluding hydrogens is 254 g/mol. The Morgan fingerprint density at radius 2 is 2.22 bits per heavy atom. The van der Waals surface area contributed by atoms with Gasteiger partial charge < -0.3 is 4.74 Å². The van der Waals surface area contributed by atoms with Gasteiger partial charge in [0, 0.05) is 13.2 Å². The van der Waals surface area contributed by atoms with Crippen LogP contribution in [-0.4, -0.2) is 21.8 Å². The largest absolute Gasteiger partial charge is 0.378 e. The van der Waals surface area contributed by atoms with E-state index >= 15 is 0 Å². The molecule has 6 nitrogen and oxygen atoms in total. The van der Waals surface area contributed by atoms with Gasteiger partial charge in [-0.25, -0.2) is 4.68 Å². The van der Waals surface area contributed by atoms with E-state index in [4.69, 9.17) is 17.0 Å². The average Bonchev–Trinajstić information content (AvgIpc) is 2.70. The van der Waals surface area contributed by atoms with E-state index in [1.807, 2.05) is 0 Å². The van der Waals surface area contributed by atoms with Gasteiger partial charge in [-0.3, -0.25) is 15.2 Å². The molecule has 0 fully saturated rings. The van der Waals surface area contributed by atoms with Crippen LogP contribution in [0.25, 0.3) is 5.69 Å². The van der Waals surface area contributed by atoms with Gasteiger partial charge in [0.15, 0.2) is 0 Å². The molecule has 0 aliphatic rings. The molecule has 0 spiro atoms. The van der Waals surface area contributed by atoms with Crippen molar-refractivity contribution in [1.29, 1.82) is 0 Å². The first-order valence-electron chi connectivity index (χ1n) is 5.17. The maximum atomic E-state index is 11.0. The fourth-order valence-electron chi connectivity index (χ4n) is 1.66. The monoisotopic (exact) mass is 265 g/mol. The minimum atomic E-state index is -0.437. The Hall–Kier alpha value is -1.99. The number of benzene rings is 1. The van der Waals surface area contributed by atoms with Crippen molar-refractivity contribution in [3.63, 3.8) is 0 Å². The van der Waals surface area contributed by atoms with Crippen molar-refractivity contribution in [3.05, 3.63) is 50.8 Å². The van der Waals surface area contributed by atoms with E-state index in [2.05, 4.69) is 5.10 Å². The molecule has 0 atom stereocenters. The number of nitrogens with zero attached hydrogens (tertiary/aromatic N) is 2. The van der Waals surface area contributed by atoms with Crippen molar-refractivity contribution in [2.45, 2.75) is 6.61 Å². The van der Waals surface area contributed by atoms with E-state index in [0.29, 0.717) is 16.9 Å². The normalized spacial score (nSPS) is 10.5. The molecule has 18 heavy (non-hydrogen) atoms. The van der Waals surface area contributed by atoms with E-state index < -0.39 is 4.92 Å². The van der Waals surface area contributed by atoms with Crippen molar-refractivity contribution in [3.8, 4) is 5.69 Å². The zero-order valence-electron chi connectivity index (χ0n) is 9.62. The number of nitrogens with one attached hydrogen (secondary N) is 1. The van der Waals surface area contributed by atoms with E-state index in [1.165, 1.54) is 10.7 Å². The Labute approximate surface area is 108 Å². The van der Waals surface area contributed by atoms with Gasteiger partial charge in [-0.2, -0.15) is 0 Å². The Bertz CT molecular complexity index is 632. The summed E-state index contributed by atoms with van der Waals surface area (Å²) < 4.78 is 6.96. The molecule has 1 aromatic heterocycles. The minimum Gasteiger partial charge on any atom is -0.378 e. The lowest BCUT2D eigenvalue weighted by Gasteiger charge is -2.03. The van der Waals surface area contributed by atoms with Crippen molar-refractivity contribution < 1.29 is 9.66 Å². The zero-order valence-corrected chi connectivity index (χ0v) is 10.4. The van der Waals surface area contributed by atoms with Gasteiger partial charge in [0.2, 0.25) is 0 Å². The maximum Gasteiger partial charge on any atom is 0.294 e. The fourth-order valence-corrected chi connectivity index (χ4v) is 1.95. The van der Waals surface area contributed by atoms with Gasteiger partial charge in [0.25, 0.3) is 5.69 Å². The molecular formula is C11H11N3O3S. The minimum absolute atomic E-state index is 0.000540. The second-order valence-electron chi connectivity index (χ2n) is 3.63. The third-order valence-corrected chi connectivity index (χ3v) is 2.69. The third kappa shape index (κ3) is 2.31. The SMILES string of the molecule is COCc1cc(=S)n(-c2ccccc2[N+](=O)[O-])[nH]1. The van der Waals surface area contributed by atoms with Crippen molar-refractivity contribution in [2.75, 3.05) is 7.11 Å². The number of ether oxygens (including phenoxy) is 1. The highest BCUT2D eigenvalue weighted by atomic mass is 32.1. The van der Waals surface area contributed by atoms with Crippen LogP contribution in [0.2, 0.25) is 0 Å². The summed E-state index contributed by atoms with van der Waals surface area (Å²) in [6.45, 7) is 0.372. The van der Waals surface area contributed by atoms with E-state index in [-0.39, 0.29) is 5.69 Å². The molecule has 94 valence electrons. The highest BCUT2D eigenvalue weighted by molar-refractivity contribution is 7.71. The molecule has 7 heteroatoms. The number of para-hydroxylation sites is 2. The lowest BCUT2D eigenvalue weighted by atomic mass is 10.3. The molecule has 0 bridgehead atoms. The fraction of sp³-hybridized carbons (Fsp3) is 0.182. The van der Waals surface area contributed by atoms with Crippen molar-refractivity contribution >= 4 is 17.9 Å². The summed E-state index contributed by atoms with van der Waals surface area (Å²) in [5.74, 6) is 0. The molecule has 0 saturated carbocycles. The summed E-state index contributed by atoms with van der Waals surface area (Å²) in [5.41, 5.74) is 1.18. The Kier molecular flexibility index (Phi) is 3.54. The molecule has 0 amide bonds. The van der Waals surface area contributed by atoms with Crippen LogP contribution in [0.5, 0.6) is 0 Å². The van der Waals surface area contributed by atoms with Gasteiger partial charge in [0.1, 0.15) is 10.3 Å². The number of hydrogen-bond acceptors (Lipinski definition) is 4. The van der Waals surface area contributed by atoms with Gasteiger partial charge >= 0.3 is 0 Å². The van der Waals surface area contributed by atoms with E-state index in [0.717, 1.165) is 5.69 Å². The molecule has 2 aromatic rings. The van der Waals surface area contributed by atoms with E-state index in [1.54, 1.807) is 31.4 Å². The number of nitro benzene ring substituents is 1. The molecule has 0 saturated heterocycles. The number of aromatic amines is 1. The first-order chi connectivity index (χ1) is 8.63. The summed E-state index contributed by atoms with van der Waals surface area (Å²) in [6, 6.07) is 8.13. The quantitative estimate of drug-likeness (QED) is 0.524. The van der Waals surface area contributed by atoms with Crippen LogP contribution in [0, 0.1) is 14.8 Å². The number of methoxy groups -OCH3 is 1. The second kappa shape index (κ2) is 5.11. The lowest BCUT2D eigenvalue weighted by molar-refractivity contribution is -0.384. The smallest absolute Gasteiger partial charge is 0.294 e. The Morgan fingerprint density at radius 1 is 1.50 bits per heavy atom. The van der Waals surface area contributed by atoms with Crippen LogP contribution in [0.15, 0.2) is 30.3 Å². The molecule has 0 unspecified atom stereocenters. The second-order valence-corrected chi connectivity index (χ2v) is 4.05. The van der Waals surface area contributed by atoms with Crippen LogP contribution in [-0.2, 0) is 11.3 Å². The first-order valence-corrected chi connectivity index (χ1v) is 5.58. The van der Waals surface area contributed by atoms with Crippen LogP contribution < -0.4 is 0 Å². The summed E-state index contributed by atoms with van der Waals surface area (Å²) >= 11 is 5.17. The van der Waals surface area contributed by atoms with Crippen LogP contribution in [0.4, 0.5) is 5.69 Å². The third-order valence-electron chi connectivity index (χ3n) is 2.39. The van der Waals surface area contributed by atoms with Crippen molar-refractivity contribution in [1.82, 2.24) is 9.78 Å². The predicted molar refractivity (Wildman–Crippen MR) is 68.3 cm³/mol. The molecule has 2 rings (SSSR count). The van der Waals surface area contributed by atoms with Crippen LogP contribution in [0.3, 0.4) is 0 Å². The average molecular weight is 265 g/mol. The van der Waals surface area contributed by atoms with Gasteiger partial charge in [0.05, 0.1) is 17.2 Å². The number of nitro groups is 1. The number of aromatic nitrogens is 2. The van der Waals surface area contributed by atoms with Gasteiger partial charge in [-0.05, 0) is 12.1 Å². The molecule has 1 aromatic carbocycles. The standard InChI is InChI=1S/C11H11N3O3S/c1-17-7-8-6-11(18)13(12-8)9-4-2-3-5-10(9)14(15)16/h2-6,12H,7H2,1H3. The number of H-pyrrole nitrogens is 1. The first kappa shape index (κ1) is 12.5. The zero-order chi connectivity index (χ0) is 13.1. The molecule has 0 aliphatic heterocycles.